The van der Waals surface area contributed by atoms with Crippen molar-refractivity contribution in [2.24, 2.45) is 5.92 Å². The Morgan fingerprint density at radius 3 is 2.76 bits per heavy atom. The van der Waals surface area contributed by atoms with Crippen LogP contribution in [0.15, 0.2) is 28.7 Å². The molecule has 0 heterocycles. The van der Waals surface area contributed by atoms with Crippen molar-refractivity contribution in [1.82, 2.24) is 5.32 Å². The second-order valence-corrected chi connectivity index (χ2v) is 6.00. The van der Waals surface area contributed by atoms with E-state index in [0.717, 1.165) is 18.9 Å². The zero-order valence-electron chi connectivity index (χ0n) is 10.4. The summed E-state index contributed by atoms with van der Waals surface area (Å²) in [7, 11) is 0. The van der Waals surface area contributed by atoms with Crippen LogP contribution in [0, 0.1) is 5.92 Å². The molecule has 1 nitrogen and oxygen atoms in total. The van der Waals surface area contributed by atoms with Crippen LogP contribution in [0.5, 0.6) is 0 Å². The highest BCUT2D eigenvalue weighted by atomic mass is 79.9. The molecule has 0 amide bonds. The third-order valence-electron chi connectivity index (χ3n) is 3.64. The maximum absolute atomic E-state index is 3.61. The van der Waals surface area contributed by atoms with E-state index in [2.05, 4.69) is 45.5 Å². The van der Waals surface area contributed by atoms with Crippen molar-refractivity contribution < 1.29 is 0 Å². The Bertz CT molecular complexity index is 331. The summed E-state index contributed by atoms with van der Waals surface area (Å²) < 4.78 is 1.18. The zero-order valence-corrected chi connectivity index (χ0v) is 12.0. The highest BCUT2D eigenvalue weighted by Crippen LogP contribution is 2.22. The van der Waals surface area contributed by atoms with E-state index in [4.69, 9.17) is 0 Å². The molecule has 2 rings (SSSR count). The molecule has 0 bridgehead atoms. The summed E-state index contributed by atoms with van der Waals surface area (Å²) in [5.41, 5.74) is 1.41. The second-order valence-electron chi connectivity index (χ2n) is 5.09. The predicted molar refractivity (Wildman–Crippen MR) is 77.3 cm³/mol. The Hall–Kier alpha value is -0.340. The van der Waals surface area contributed by atoms with Gasteiger partial charge in [-0.1, -0.05) is 47.3 Å². The van der Waals surface area contributed by atoms with Crippen LogP contribution >= 0.6 is 15.9 Å². The van der Waals surface area contributed by atoms with E-state index in [-0.39, 0.29) is 0 Å². The summed E-state index contributed by atoms with van der Waals surface area (Å²) >= 11 is 3.51. The maximum Gasteiger partial charge on any atom is 0.0178 e. The SMILES string of the molecule is Brc1cccc(CCNCC2CCCCC2)c1. The van der Waals surface area contributed by atoms with Crippen LogP contribution in [-0.4, -0.2) is 13.1 Å². The first-order valence-corrected chi connectivity index (χ1v) is 7.59. The molecule has 0 atom stereocenters. The monoisotopic (exact) mass is 295 g/mol. The smallest absolute Gasteiger partial charge is 0.0178 e. The van der Waals surface area contributed by atoms with Gasteiger partial charge in [-0.05, 0) is 56.0 Å². The van der Waals surface area contributed by atoms with Gasteiger partial charge in [0.1, 0.15) is 0 Å². The molecule has 0 radical (unpaired) electrons. The van der Waals surface area contributed by atoms with Crippen LogP contribution in [0.1, 0.15) is 37.7 Å². The molecule has 0 aliphatic heterocycles. The van der Waals surface area contributed by atoms with Crippen molar-refractivity contribution in [3.05, 3.63) is 34.3 Å². The van der Waals surface area contributed by atoms with Crippen LogP contribution in [0.2, 0.25) is 0 Å². The molecule has 1 saturated carbocycles. The molecule has 0 spiro atoms. The van der Waals surface area contributed by atoms with Gasteiger partial charge in [0.2, 0.25) is 0 Å². The molecule has 0 aromatic heterocycles. The number of halogens is 1. The number of hydrogen-bond acceptors (Lipinski definition) is 1. The van der Waals surface area contributed by atoms with Crippen molar-refractivity contribution in [2.45, 2.75) is 38.5 Å². The lowest BCUT2D eigenvalue weighted by Crippen LogP contribution is -2.26. The summed E-state index contributed by atoms with van der Waals surface area (Å²) in [6.45, 7) is 2.32. The first-order chi connectivity index (χ1) is 8.34. The number of benzene rings is 1. The average Bonchev–Trinajstić information content (AvgIpc) is 2.36. The van der Waals surface area contributed by atoms with E-state index in [1.807, 2.05) is 0 Å². The van der Waals surface area contributed by atoms with Gasteiger partial charge in [0.25, 0.3) is 0 Å². The van der Waals surface area contributed by atoms with Crippen molar-refractivity contribution in [1.29, 1.82) is 0 Å². The summed E-state index contributed by atoms with van der Waals surface area (Å²) in [6.07, 6.45) is 8.34. The fraction of sp³-hybridized carbons (Fsp3) is 0.600. The fourth-order valence-corrected chi connectivity index (χ4v) is 3.07. The van der Waals surface area contributed by atoms with Crippen LogP contribution in [0.25, 0.3) is 0 Å². The summed E-state index contributed by atoms with van der Waals surface area (Å²) in [5, 5.41) is 3.61. The summed E-state index contributed by atoms with van der Waals surface area (Å²) in [5.74, 6) is 0.936. The van der Waals surface area contributed by atoms with E-state index in [0.29, 0.717) is 0 Å². The predicted octanol–water partition coefficient (Wildman–Crippen LogP) is 4.16. The molecule has 2 heteroatoms. The molecular formula is C15H22BrN. The Balaban J connectivity index is 1.62. The molecule has 0 saturated heterocycles. The Kier molecular flexibility index (Phi) is 5.53. The van der Waals surface area contributed by atoms with Crippen LogP contribution in [-0.2, 0) is 6.42 Å². The normalized spacial score (nSPS) is 17.2. The minimum atomic E-state index is 0.936. The topological polar surface area (TPSA) is 12.0 Å². The summed E-state index contributed by atoms with van der Waals surface area (Å²) in [6, 6.07) is 8.61. The average molecular weight is 296 g/mol. The Morgan fingerprint density at radius 2 is 2.00 bits per heavy atom. The lowest BCUT2D eigenvalue weighted by atomic mass is 9.89. The van der Waals surface area contributed by atoms with E-state index in [1.54, 1.807) is 0 Å². The molecule has 1 N–H and O–H groups in total. The third-order valence-corrected chi connectivity index (χ3v) is 4.13. The van der Waals surface area contributed by atoms with Crippen molar-refractivity contribution in [3.63, 3.8) is 0 Å². The van der Waals surface area contributed by atoms with Crippen molar-refractivity contribution >= 4 is 15.9 Å². The Labute approximate surface area is 113 Å². The quantitative estimate of drug-likeness (QED) is 0.804. The number of nitrogens with one attached hydrogen (secondary N) is 1. The zero-order chi connectivity index (χ0) is 11.9. The van der Waals surface area contributed by atoms with Gasteiger partial charge in [-0.2, -0.15) is 0 Å². The molecule has 94 valence electrons. The molecule has 1 aromatic rings. The standard InChI is InChI=1S/C15H22BrN/c16-15-8-4-7-13(11-15)9-10-17-12-14-5-2-1-3-6-14/h4,7-8,11,14,17H,1-3,5-6,9-10,12H2. The van der Waals surface area contributed by atoms with Gasteiger partial charge in [0, 0.05) is 4.47 Å². The van der Waals surface area contributed by atoms with E-state index in [1.165, 1.54) is 48.7 Å². The molecule has 1 fully saturated rings. The van der Waals surface area contributed by atoms with Crippen molar-refractivity contribution in [2.75, 3.05) is 13.1 Å². The minimum Gasteiger partial charge on any atom is -0.316 e. The van der Waals surface area contributed by atoms with E-state index < -0.39 is 0 Å². The fourth-order valence-electron chi connectivity index (χ4n) is 2.62. The van der Waals surface area contributed by atoms with Gasteiger partial charge < -0.3 is 5.32 Å². The third kappa shape index (κ3) is 4.81. The van der Waals surface area contributed by atoms with Gasteiger partial charge in [-0.3, -0.25) is 0 Å². The maximum atomic E-state index is 3.61. The van der Waals surface area contributed by atoms with Gasteiger partial charge >= 0.3 is 0 Å². The number of hydrogen-bond donors (Lipinski definition) is 1. The first-order valence-electron chi connectivity index (χ1n) is 6.80. The molecule has 17 heavy (non-hydrogen) atoms. The minimum absolute atomic E-state index is 0.936. The van der Waals surface area contributed by atoms with Crippen LogP contribution in [0.4, 0.5) is 0 Å². The molecule has 1 aliphatic rings. The molecular weight excluding hydrogens is 274 g/mol. The van der Waals surface area contributed by atoms with Gasteiger partial charge in [0.15, 0.2) is 0 Å². The van der Waals surface area contributed by atoms with Crippen LogP contribution in [0.3, 0.4) is 0 Å². The van der Waals surface area contributed by atoms with E-state index in [9.17, 15) is 0 Å². The molecule has 1 aliphatic carbocycles. The van der Waals surface area contributed by atoms with Gasteiger partial charge in [-0.25, -0.2) is 0 Å². The molecule has 0 unspecified atom stereocenters. The van der Waals surface area contributed by atoms with Gasteiger partial charge in [-0.15, -0.1) is 0 Å². The Morgan fingerprint density at radius 1 is 1.18 bits per heavy atom. The van der Waals surface area contributed by atoms with E-state index >= 15 is 0 Å². The second kappa shape index (κ2) is 7.17. The highest BCUT2D eigenvalue weighted by molar-refractivity contribution is 9.10. The highest BCUT2D eigenvalue weighted by Gasteiger charge is 2.12. The summed E-state index contributed by atoms with van der Waals surface area (Å²) in [4.78, 5) is 0. The van der Waals surface area contributed by atoms with Gasteiger partial charge in [0.05, 0.1) is 0 Å². The lowest BCUT2D eigenvalue weighted by molar-refractivity contribution is 0.343. The van der Waals surface area contributed by atoms with Crippen LogP contribution < -0.4 is 5.32 Å². The lowest BCUT2D eigenvalue weighted by Gasteiger charge is -2.21. The number of rotatable bonds is 5. The largest absolute Gasteiger partial charge is 0.316 e. The molecule has 1 aromatic carbocycles. The van der Waals surface area contributed by atoms with Crippen molar-refractivity contribution in [3.8, 4) is 0 Å². The first kappa shape index (κ1) is 13.1.